The molecule has 4 heteroatoms. The number of hydrogen-bond acceptors (Lipinski definition) is 4. The first-order valence-electron chi connectivity index (χ1n) is 3.86. The third-order valence-electron chi connectivity index (χ3n) is 1.50. The van der Waals surface area contributed by atoms with E-state index >= 15 is 0 Å². The molecular formula is C8H14O4. The van der Waals surface area contributed by atoms with Crippen molar-refractivity contribution in [1.29, 1.82) is 0 Å². The van der Waals surface area contributed by atoms with Gasteiger partial charge in [0.15, 0.2) is 0 Å². The lowest BCUT2D eigenvalue weighted by Gasteiger charge is -2.04. The predicted molar refractivity (Wildman–Crippen MR) is 42.6 cm³/mol. The van der Waals surface area contributed by atoms with Crippen molar-refractivity contribution in [3.8, 4) is 0 Å². The van der Waals surface area contributed by atoms with E-state index in [4.69, 9.17) is 5.11 Å². The predicted octanol–water partition coefficient (Wildman–Crippen LogP) is 0.280. The van der Waals surface area contributed by atoms with Crippen LogP contribution in [-0.4, -0.2) is 30.1 Å². The Morgan fingerprint density at radius 2 is 2.08 bits per heavy atom. The van der Waals surface area contributed by atoms with Crippen LogP contribution in [0.5, 0.6) is 0 Å². The first-order chi connectivity index (χ1) is 5.60. The average molecular weight is 174 g/mol. The number of carbonyl (C=O) groups excluding carboxylic acids is 2. The Morgan fingerprint density at radius 1 is 1.50 bits per heavy atom. The van der Waals surface area contributed by atoms with Gasteiger partial charge in [-0.05, 0) is 6.42 Å². The van der Waals surface area contributed by atoms with Crippen molar-refractivity contribution in [1.82, 2.24) is 0 Å². The van der Waals surface area contributed by atoms with Gasteiger partial charge in [0.25, 0.3) is 0 Å². The second-order valence-corrected chi connectivity index (χ2v) is 2.56. The van der Waals surface area contributed by atoms with Gasteiger partial charge in [-0.1, -0.05) is 6.92 Å². The molecule has 0 aliphatic carbocycles. The molecule has 0 spiro atoms. The Morgan fingerprint density at radius 3 is 2.50 bits per heavy atom. The van der Waals surface area contributed by atoms with Gasteiger partial charge in [-0.15, -0.1) is 0 Å². The van der Waals surface area contributed by atoms with Gasteiger partial charge >= 0.3 is 5.97 Å². The fourth-order valence-corrected chi connectivity index (χ4v) is 0.712. The first kappa shape index (κ1) is 11.1. The number of carbonyl (C=O) groups is 2. The van der Waals surface area contributed by atoms with Crippen LogP contribution in [0.15, 0.2) is 0 Å². The molecule has 0 heterocycles. The number of aliphatic hydroxyl groups excluding tert-OH is 1. The van der Waals surface area contributed by atoms with E-state index in [0.29, 0.717) is 6.42 Å². The molecule has 0 rings (SSSR count). The largest absolute Gasteiger partial charge is 0.469 e. The molecule has 0 aliphatic rings. The smallest absolute Gasteiger partial charge is 0.313 e. The van der Waals surface area contributed by atoms with Crippen molar-refractivity contribution in [2.45, 2.75) is 32.3 Å². The summed E-state index contributed by atoms with van der Waals surface area (Å²) >= 11 is 0. The molecular weight excluding hydrogens is 160 g/mol. The van der Waals surface area contributed by atoms with Crippen LogP contribution in [0.3, 0.4) is 0 Å². The normalized spacial score (nSPS) is 12.2. The molecule has 0 bridgehead atoms. The minimum absolute atomic E-state index is 0.0333. The zero-order chi connectivity index (χ0) is 9.56. The maximum atomic E-state index is 10.9. The zero-order valence-electron chi connectivity index (χ0n) is 7.37. The third kappa shape index (κ3) is 4.85. The molecule has 0 amide bonds. The van der Waals surface area contributed by atoms with Gasteiger partial charge in [-0.3, -0.25) is 9.59 Å². The van der Waals surface area contributed by atoms with Crippen molar-refractivity contribution < 1.29 is 19.4 Å². The molecule has 0 radical (unpaired) electrons. The number of ether oxygens (including phenoxy) is 1. The molecule has 1 N–H and O–H groups in total. The summed E-state index contributed by atoms with van der Waals surface area (Å²) in [5, 5.41) is 9.04. The first-order valence-corrected chi connectivity index (χ1v) is 3.86. The Hall–Kier alpha value is -0.900. The van der Waals surface area contributed by atoms with Crippen molar-refractivity contribution in [3.05, 3.63) is 0 Å². The Labute approximate surface area is 71.5 Å². The van der Waals surface area contributed by atoms with Crippen LogP contribution < -0.4 is 0 Å². The summed E-state index contributed by atoms with van der Waals surface area (Å²) in [7, 11) is 1.23. The topological polar surface area (TPSA) is 63.6 Å². The minimum atomic E-state index is -0.637. The van der Waals surface area contributed by atoms with E-state index in [1.165, 1.54) is 7.11 Å². The monoisotopic (exact) mass is 174 g/mol. The van der Waals surface area contributed by atoms with Crippen LogP contribution in [0, 0.1) is 0 Å². The van der Waals surface area contributed by atoms with Crippen LogP contribution in [0.1, 0.15) is 26.2 Å². The third-order valence-corrected chi connectivity index (χ3v) is 1.50. The summed E-state index contributed by atoms with van der Waals surface area (Å²) < 4.78 is 4.29. The van der Waals surface area contributed by atoms with Crippen molar-refractivity contribution in [3.63, 3.8) is 0 Å². The lowest BCUT2D eigenvalue weighted by molar-refractivity contribution is -0.143. The molecule has 0 saturated heterocycles. The summed E-state index contributed by atoms with van der Waals surface area (Å²) in [5.74, 6) is -0.834. The van der Waals surface area contributed by atoms with Crippen LogP contribution in [0.4, 0.5) is 0 Å². The number of ketones is 1. The molecule has 0 fully saturated rings. The average Bonchev–Trinajstić information content (AvgIpc) is 2.03. The van der Waals surface area contributed by atoms with Crippen LogP contribution in [0.25, 0.3) is 0 Å². The highest BCUT2D eigenvalue weighted by atomic mass is 16.5. The second kappa shape index (κ2) is 5.71. The summed E-state index contributed by atoms with van der Waals surface area (Å²) in [5.41, 5.74) is 0. The Kier molecular flexibility index (Phi) is 5.28. The van der Waals surface area contributed by atoms with Gasteiger partial charge in [-0.25, -0.2) is 0 Å². The highest BCUT2D eigenvalue weighted by molar-refractivity contribution is 5.95. The van der Waals surface area contributed by atoms with E-state index in [2.05, 4.69) is 4.74 Å². The van der Waals surface area contributed by atoms with E-state index < -0.39 is 12.1 Å². The molecule has 0 aromatic rings. The highest BCUT2D eigenvalue weighted by Crippen LogP contribution is 2.00. The lowest BCUT2D eigenvalue weighted by Crippen LogP contribution is -2.16. The SMILES string of the molecule is CC[C@@H](O)CC(=O)CC(=O)OC. The van der Waals surface area contributed by atoms with E-state index in [1.54, 1.807) is 6.92 Å². The molecule has 0 aliphatic heterocycles. The number of methoxy groups -OCH3 is 1. The number of hydrogen-bond donors (Lipinski definition) is 1. The van der Waals surface area contributed by atoms with E-state index in [9.17, 15) is 9.59 Å². The van der Waals surface area contributed by atoms with E-state index in [-0.39, 0.29) is 18.6 Å². The van der Waals surface area contributed by atoms with Crippen LogP contribution in [0.2, 0.25) is 0 Å². The summed E-state index contributed by atoms with van der Waals surface area (Å²) in [4.78, 5) is 21.5. The second-order valence-electron chi connectivity index (χ2n) is 2.56. The van der Waals surface area contributed by atoms with Gasteiger partial charge in [0, 0.05) is 6.42 Å². The molecule has 0 unspecified atom stereocenters. The number of esters is 1. The Balaban J connectivity index is 3.66. The van der Waals surface area contributed by atoms with Gasteiger partial charge in [0.05, 0.1) is 13.2 Å². The minimum Gasteiger partial charge on any atom is -0.469 e. The van der Waals surface area contributed by atoms with Gasteiger partial charge in [-0.2, -0.15) is 0 Å². The van der Waals surface area contributed by atoms with Crippen molar-refractivity contribution in [2.24, 2.45) is 0 Å². The maximum Gasteiger partial charge on any atom is 0.313 e. The fraction of sp³-hybridized carbons (Fsp3) is 0.750. The Bertz CT molecular complexity index is 164. The molecule has 1 atom stereocenters. The van der Waals surface area contributed by atoms with E-state index in [1.807, 2.05) is 0 Å². The van der Waals surface area contributed by atoms with Gasteiger partial charge < -0.3 is 9.84 Å². The highest BCUT2D eigenvalue weighted by Gasteiger charge is 2.12. The molecule has 0 aromatic carbocycles. The molecule has 12 heavy (non-hydrogen) atoms. The van der Waals surface area contributed by atoms with Gasteiger partial charge in [0.1, 0.15) is 12.2 Å². The number of Topliss-reactive ketones (excluding diaryl/α,β-unsaturated/α-hetero) is 1. The molecule has 4 nitrogen and oxygen atoms in total. The summed E-state index contributed by atoms with van der Waals surface area (Å²) in [6.07, 6.45) is -0.325. The van der Waals surface area contributed by atoms with Crippen molar-refractivity contribution >= 4 is 11.8 Å². The lowest BCUT2D eigenvalue weighted by atomic mass is 10.1. The number of aliphatic hydroxyl groups is 1. The molecule has 0 saturated carbocycles. The maximum absolute atomic E-state index is 10.9. The molecule has 0 aromatic heterocycles. The fourth-order valence-electron chi connectivity index (χ4n) is 0.712. The zero-order valence-corrected chi connectivity index (χ0v) is 7.37. The van der Waals surface area contributed by atoms with Crippen LogP contribution >= 0.6 is 0 Å². The van der Waals surface area contributed by atoms with Crippen LogP contribution in [-0.2, 0) is 14.3 Å². The van der Waals surface area contributed by atoms with Crippen molar-refractivity contribution in [2.75, 3.05) is 7.11 Å². The summed E-state index contributed by atoms with van der Waals surface area (Å²) in [6.45, 7) is 1.77. The van der Waals surface area contributed by atoms with E-state index in [0.717, 1.165) is 0 Å². The van der Waals surface area contributed by atoms with Gasteiger partial charge in [0.2, 0.25) is 0 Å². The quantitative estimate of drug-likeness (QED) is 0.480. The number of rotatable bonds is 5. The standard InChI is InChI=1S/C8H14O4/c1-3-6(9)4-7(10)5-8(11)12-2/h6,9H,3-5H2,1-2H3/t6-/m1/s1. The molecule has 70 valence electrons. The summed E-state index contributed by atoms with van der Waals surface area (Å²) in [6, 6.07) is 0.